The van der Waals surface area contributed by atoms with Crippen LogP contribution in [0.25, 0.3) is 0 Å². The van der Waals surface area contributed by atoms with Gasteiger partial charge in [0.15, 0.2) is 6.10 Å². The summed E-state index contributed by atoms with van der Waals surface area (Å²) in [6, 6.07) is 0. The molecule has 1 atom stereocenters. The summed E-state index contributed by atoms with van der Waals surface area (Å²) in [6.07, 6.45) is 54.8. The molecule has 0 saturated carbocycles. The largest absolute Gasteiger partial charge is 0.462 e. The fraction of sp³-hybridized carbons (Fsp3) is 0.511. The molecule has 0 spiro atoms. The van der Waals surface area contributed by atoms with Crippen LogP contribution in [0.5, 0.6) is 0 Å². The van der Waals surface area contributed by atoms with E-state index in [4.69, 9.17) is 14.2 Å². The van der Waals surface area contributed by atoms with Crippen molar-refractivity contribution < 1.29 is 28.6 Å². The second-order valence-corrected chi connectivity index (χ2v) is 12.6. The molecular weight excluding hydrogens is 661 g/mol. The zero-order chi connectivity index (χ0) is 38.7. The molecule has 0 radical (unpaired) electrons. The van der Waals surface area contributed by atoms with Crippen molar-refractivity contribution >= 4 is 17.9 Å². The molecule has 0 fully saturated rings. The normalized spacial score (nSPS) is 13.3. The lowest BCUT2D eigenvalue weighted by atomic mass is 10.1. The summed E-state index contributed by atoms with van der Waals surface area (Å²) in [7, 11) is 0. The molecule has 6 nitrogen and oxygen atoms in total. The molecule has 0 amide bonds. The second-order valence-electron chi connectivity index (χ2n) is 12.6. The number of allylic oxidation sites excluding steroid dienone is 20. The number of ether oxygens (including phenoxy) is 3. The van der Waals surface area contributed by atoms with Gasteiger partial charge in [0.2, 0.25) is 0 Å². The number of carbonyl (C=O) groups excluding carboxylic acids is 3. The van der Waals surface area contributed by atoms with Crippen molar-refractivity contribution in [1.29, 1.82) is 0 Å². The van der Waals surface area contributed by atoms with E-state index >= 15 is 0 Å². The van der Waals surface area contributed by atoms with Gasteiger partial charge in [-0.05, 0) is 83.5 Å². The highest BCUT2D eigenvalue weighted by Crippen LogP contribution is 2.10. The SMILES string of the molecule is CC\C=C/C=C\C=C/C=C\CCCCCC(=O)OCC(COC(=O)CCCC/C=C\C/C=C\CC)OC(=O)CCCCC\C=C/C=C\C=C/C=C\CC. The van der Waals surface area contributed by atoms with Crippen molar-refractivity contribution in [3.63, 3.8) is 0 Å². The molecule has 53 heavy (non-hydrogen) atoms. The van der Waals surface area contributed by atoms with Crippen LogP contribution in [-0.4, -0.2) is 37.2 Å². The average Bonchev–Trinajstić information content (AvgIpc) is 3.15. The predicted octanol–water partition coefficient (Wildman–Crippen LogP) is 12.6. The van der Waals surface area contributed by atoms with E-state index in [0.717, 1.165) is 83.5 Å². The predicted molar refractivity (Wildman–Crippen MR) is 223 cm³/mol. The molecule has 0 aromatic rings. The molecule has 0 saturated heterocycles. The van der Waals surface area contributed by atoms with Crippen molar-refractivity contribution in [2.45, 2.75) is 142 Å². The number of carbonyl (C=O) groups is 3. The Hall–Kier alpha value is -4.19. The van der Waals surface area contributed by atoms with E-state index < -0.39 is 6.10 Å². The number of unbranched alkanes of at least 4 members (excludes halogenated alkanes) is 8. The van der Waals surface area contributed by atoms with E-state index in [-0.39, 0.29) is 37.5 Å². The summed E-state index contributed by atoms with van der Waals surface area (Å²) in [6.45, 7) is 6.07. The molecule has 0 aromatic heterocycles. The van der Waals surface area contributed by atoms with E-state index in [1.54, 1.807) is 0 Å². The molecule has 0 aromatic carbocycles. The maximum Gasteiger partial charge on any atom is 0.306 e. The molecule has 0 aliphatic heterocycles. The third kappa shape index (κ3) is 38.9. The monoisotopic (exact) mass is 731 g/mol. The summed E-state index contributed by atoms with van der Waals surface area (Å²) >= 11 is 0. The van der Waals surface area contributed by atoms with Crippen LogP contribution in [0.2, 0.25) is 0 Å². The van der Waals surface area contributed by atoms with Crippen molar-refractivity contribution in [2.24, 2.45) is 0 Å². The Kier molecular flexibility index (Phi) is 37.4. The lowest BCUT2D eigenvalue weighted by Crippen LogP contribution is -2.30. The topological polar surface area (TPSA) is 78.9 Å². The quantitative estimate of drug-likeness (QED) is 0.0220. The van der Waals surface area contributed by atoms with E-state index in [1.165, 1.54) is 0 Å². The Bertz CT molecular complexity index is 1210. The average molecular weight is 731 g/mol. The fourth-order valence-electron chi connectivity index (χ4n) is 4.67. The molecule has 0 rings (SSSR count). The van der Waals surface area contributed by atoms with Gasteiger partial charge in [-0.15, -0.1) is 0 Å². The molecule has 294 valence electrons. The standard InChI is InChI=1S/C47H70O6/c1-4-7-10-13-16-19-21-23-25-28-31-34-37-40-46(49)52-43-44(42-51-45(48)39-36-33-30-27-18-15-12-9-6-3)53-47(50)41-38-35-32-29-26-24-22-20-17-14-11-8-5-2/h7-14,16-27,44H,4-6,15,28-43H2,1-3H3/b10-7-,11-8-,12-9-,16-13-,17-14-,21-19-,22-20-,25-23-,26-24-,27-18-. The molecule has 1 unspecified atom stereocenters. The summed E-state index contributed by atoms with van der Waals surface area (Å²) in [5, 5.41) is 0. The summed E-state index contributed by atoms with van der Waals surface area (Å²) in [5.74, 6) is -1.06. The van der Waals surface area contributed by atoms with Gasteiger partial charge < -0.3 is 14.2 Å². The van der Waals surface area contributed by atoms with E-state index in [2.05, 4.69) is 69.4 Å². The van der Waals surface area contributed by atoms with Crippen molar-refractivity contribution in [3.8, 4) is 0 Å². The smallest absolute Gasteiger partial charge is 0.306 e. The Morgan fingerprint density at radius 3 is 1.26 bits per heavy atom. The van der Waals surface area contributed by atoms with Crippen LogP contribution in [-0.2, 0) is 28.6 Å². The van der Waals surface area contributed by atoms with Gasteiger partial charge in [0, 0.05) is 19.3 Å². The first-order valence-corrected chi connectivity index (χ1v) is 20.1. The first kappa shape index (κ1) is 48.8. The maximum atomic E-state index is 12.6. The van der Waals surface area contributed by atoms with Crippen molar-refractivity contribution in [1.82, 2.24) is 0 Å². The van der Waals surface area contributed by atoms with Crippen LogP contribution in [0.15, 0.2) is 122 Å². The zero-order valence-corrected chi connectivity index (χ0v) is 33.2. The van der Waals surface area contributed by atoms with E-state index in [9.17, 15) is 14.4 Å². The van der Waals surface area contributed by atoms with Crippen molar-refractivity contribution in [3.05, 3.63) is 122 Å². The van der Waals surface area contributed by atoms with Crippen LogP contribution in [0.1, 0.15) is 136 Å². The molecule has 0 aliphatic carbocycles. The van der Waals surface area contributed by atoms with Gasteiger partial charge in [-0.3, -0.25) is 14.4 Å². The van der Waals surface area contributed by atoms with Gasteiger partial charge in [0.25, 0.3) is 0 Å². The highest BCUT2D eigenvalue weighted by molar-refractivity contribution is 5.71. The van der Waals surface area contributed by atoms with Gasteiger partial charge in [-0.25, -0.2) is 0 Å². The van der Waals surface area contributed by atoms with Gasteiger partial charge in [0.05, 0.1) is 0 Å². The summed E-state index contributed by atoms with van der Waals surface area (Å²) in [5.41, 5.74) is 0. The number of hydrogen-bond donors (Lipinski definition) is 0. The molecule has 0 bridgehead atoms. The number of hydrogen-bond acceptors (Lipinski definition) is 6. The van der Waals surface area contributed by atoms with Crippen LogP contribution in [0, 0.1) is 0 Å². The lowest BCUT2D eigenvalue weighted by Gasteiger charge is -2.18. The minimum Gasteiger partial charge on any atom is -0.462 e. The number of esters is 3. The van der Waals surface area contributed by atoms with Gasteiger partial charge in [-0.2, -0.15) is 0 Å². The lowest BCUT2D eigenvalue weighted by molar-refractivity contribution is -0.167. The Balaban J connectivity index is 4.60. The second kappa shape index (κ2) is 40.6. The summed E-state index contributed by atoms with van der Waals surface area (Å²) in [4.78, 5) is 37.5. The van der Waals surface area contributed by atoms with Gasteiger partial charge in [-0.1, -0.05) is 155 Å². The van der Waals surface area contributed by atoms with Crippen LogP contribution < -0.4 is 0 Å². The van der Waals surface area contributed by atoms with Crippen LogP contribution >= 0.6 is 0 Å². The Morgan fingerprint density at radius 1 is 0.396 bits per heavy atom. The molecule has 0 N–H and O–H groups in total. The fourth-order valence-corrected chi connectivity index (χ4v) is 4.67. The Labute approximate surface area is 322 Å². The third-order valence-electron chi connectivity index (χ3n) is 7.63. The highest BCUT2D eigenvalue weighted by atomic mass is 16.6. The van der Waals surface area contributed by atoms with E-state index in [1.807, 2.05) is 72.9 Å². The minimum absolute atomic E-state index is 0.129. The molecule has 6 heteroatoms. The van der Waals surface area contributed by atoms with Crippen molar-refractivity contribution in [2.75, 3.05) is 13.2 Å². The van der Waals surface area contributed by atoms with Crippen LogP contribution in [0.4, 0.5) is 0 Å². The van der Waals surface area contributed by atoms with Crippen LogP contribution in [0.3, 0.4) is 0 Å². The van der Waals surface area contributed by atoms with Gasteiger partial charge >= 0.3 is 17.9 Å². The number of rotatable bonds is 33. The molecule has 0 aliphatic rings. The maximum absolute atomic E-state index is 12.6. The van der Waals surface area contributed by atoms with Gasteiger partial charge in [0.1, 0.15) is 13.2 Å². The minimum atomic E-state index is -0.827. The first-order chi connectivity index (χ1) is 26.0. The Morgan fingerprint density at radius 2 is 0.774 bits per heavy atom. The highest BCUT2D eigenvalue weighted by Gasteiger charge is 2.19. The zero-order valence-electron chi connectivity index (χ0n) is 33.2. The first-order valence-electron chi connectivity index (χ1n) is 20.1. The third-order valence-corrected chi connectivity index (χ3v) is 7.63. The summed E-state index contributed by atoms with van der Waals surface area (Å²) < 4.78 is 16.5. The molecule has 0 heterocycles. The molecular formula is C47H70O6. The van der Waals surface area contributed by atoms with E-state index in [0.29, 0.717) is 25.7 Å².